The molecule has 0 aliphatic heterocycles. The van der Waals surface area contributed by atoms with Crippen molar-refractivity contribution in [1.82, 2.24) is 4.98 Å². The van der Waals surface area contributed by atoms with Gasteiger partial charge in [-0.25, -0.2) is 4.39 Å². The molecule has 1 N–H and O–H groups in total. The third-order valence-corrected chi connectivity index (χ3v) is 2.51. The first-order chi connectivity index (χ1) is 8.22. The third kappa shape index (κ3) is 1.73. The van der Waals surface area contributed by atoms with Crippen LogP contribution in [0.4, 0.5) is 4.39 Å². The second-order valence-electron chi connectivity index (χ2n) is 3.72. The standard InChI is InChI=1S/C13H8FNO2/c14-9-4-5-11-8(6-9)7-12(17-11)10-2-1-3-13(16)15-10/h1-7H,(H,15,16). The number of hydrogen-bond donors (Lipinski definition) is 1. The molecule has 0 radical (unpaired) electrons. The summed E-state index contributed by atoms with van der Waals surface area (Å²) in [7, 11) is 0. The van der Waals surface area contributed by atoms with Gasteiger partial charge >= 0.3 is 0 Å². The van der Waals surface area contributed by atoms with Crippen molar-refractivity contribution < 1.29 is 8.81 Å². The molecule has 17 heavy (non-hydrogen) atoms. The number of benzene rings is 1. The van der Waals surface area contributed by atoms with Crippen LogP contribution in [0, 0.1) is 5.82 Å². The average molecular weight is 229 g/mol. The van der Waals surface area contributed by atoms with E-state index in [0.29, 0.717) is 22.4 Å². The molecule has 0 unspecified atom stereocenters. The van der Waals surface area contributed by atoms with Crippen molar-refractivity contribution >= 4 is 11.0 Å². The molecule has 0 saturated heterocycles. The van der Waals surface area contributed by atoms with Crippen molar-refractivity contribution in [2.75, 3.05) is 0 Å². The Labute approximate surface area is 95.5 Å². The van der Waals surface area contributed by atoms with Crippen molar-refractivity contribution in [3.8, 4) is 11.5 Å². The number of furan rings is 1. The summed E-state index contributed by atoms with van der Waals surface area (Å²) in [6, 6.07) is 10.8. The van der Waals surface area contributed by atoms with Crippen LogP contribution in [0.2, 0.25) is 0 Å². The SMILES string of the molecule is O=c1cccc(-c2cc3cc(F)ccc3o2)[nH]1. The van der Waals surface area contributed by atoms with Crippen LogP contribution in [0.1, 0.15) is 0 Å². The van der Waals surface area contributed by atoms with E-state index in [1.54, 1.807) is 24.3 Å². The van der Waals surface area contributed by atoms with E-state index >= 15 is 0 Å². The van der Waals surface area contributed by atoms with Gasteiger partial charge < -0.3 is 9.40 Å². The molecule has 3 rings (SSSR count). The molecule has 2 aromatic heterocycles. The number of fused-ring (bicyclic) bond motifs is 1. The van der Waals surface area contributed by atoms with E-state index in [0.717, 1.165) is 0 Å². The number of nitrogens with one attached hydrogen (secondary N) is 1. The van der Waals surface area contributed by atoms with Crippen molar-refractivity contribution in [2.24, 2.45) is 0 Å². The van der Waals surface area contributed by atoms with E-state index in [1.807, 2.05) is 0 Å². The quantitative estimate of drug-likeness (QED) is 0.697. The lowest BCUT2D eigenvalue weighted by Gasteiger charge is -1.93. The lowest BCUT2D eigenvalue weighted by Crippen LogP contribution is -2.02. The minimum absolute atomic E-state index is 0.200. The number of aromatic nitrogens is 1. The summed E-state index contributed by atoms with van der Waals surface area (Å²) >= 11 is 0. The first kappa shape index (κ1) is 9.84. The summed E-state index contributed by atoms with van der Waals surface area (Å²) in [6.07, 6.45) is 0. The summed E-state index contributed by atoms with van der Waals surface area (Å²) in [5.74, 6) is 0.203. The van der Waals surface area contributed by atoms with Crippen LogP contribution in [-0.4, -0.2) is 4.98 Å². The van der Waals surface area contributed by atoms with Crippen LogP contribution in [0.25, 0.3) is 22.4 Å². The molecule has 0 saturated carbocycles. The van der Waals surface area contributed by atoms with Gasteiger partial charge in [0.1, 0.15) is 11.4 Å². The Hall–Kier alpha value is -2.36. The molecule has 0 aliphatic carbocycles. The van der Waals surface area contributed by atoms with E-state index in [9.17, 15) is 9.18 Å². The Morgan fingerprint density at radius 3 is 2.82 bits per heavy atom. The second kappa shape index (κ2) is 3.59. The molecular weight excluding hydrogens is 221 g/mol. The normalized spacial score (nSPS) is 10.9. The number of pyridine rings is 1. The van der Waals surface area contributed by atoms with Crippen LogP contribution in [0.5, 0.6) is 0 Å². The van der Waals surface area contributed by atoms with Crippen molar-refractivity contribution in [1.29, 1.82) is 0 Å². The van der Waals surface area contributed by atoms with Crippen LogP contribution >= 0.6 is 0 Å². The molecule has 0 aliphatic rings. The molecule has 2 heterocycles. The van der Waals surface area contributed by atoms with Gasteiger partial charge in [0.05, 0.1) is 5.69 Å². The maximum atomic E-state index is 13.0. The predicted molar refractivity (Wildman–Crippen MR) is 62.2 cm³/mol. The molecule has 84 valence electrons. The number of H-pyrrole nitrogens is 1. The lowest BCUT2D eigenvalue weighted by atomic mass is 10.2. The highest BCUT2D eigenvalue weighted by molar-refractivity contribution is 5.82. The maximum Gasteiger partial charge on any atom is 0.248 e. The minimum atomic E-state index is -0.314. The Balaban J connectivity index is 2.21. The van der Waals surface area contributed by atoms with Crippen LogP contribution in [-0.2, 0) is 0 Å². The van der Waals surface area contributed by atoms with Gasteiger partial charge in [-0.1, -0.05) is 6.07 Å². The van der Waals surface area contributed by atoms with Gasteiger partial charge in [-0.2, -0.15) is 0 Å². The first-order valence-electron chi connectivity index (χ1n) is 5.11. The monoisotopic (exact) mass is 229 g/mol. The van der Waals surface area contributed by atoms with Crippen molar-refractivity contribution in [3.63, 3.8) is 0 Å². The highest BCUT2D eigenvalue weighted by atomic mass is 19.1. The number of aromatic amines is 1. The molecule has 0 atom stereocenters. The summed E-state index contributed by atoms with van der Waals surface area (Å²) in [4.78, 5) is 13.8. The minimum Gasteiger partial charge on any atom is -0.455 e. The number of halogens is 1. The summed E-state index contributed by atoms with van der Waals surface area (Å²) < 4.78 is 18.5. The fourth-order valence-corrected chi connectivity index (χ4v) is 1.74. The zero-order valence-electron chi connectivity index (χ0n) is 8.74. The number of rotatable bonds is 1. The van der Waals surface area contributed by atoms with Crippen molar-refractivity contribution in [3.05, 3.63) is 58.6 Å². The highest BCUT2D eigenvalue weighted by Gasteiger charge is 2.07. The van der Waals surface area contributed by atoms with Crippen LogP contribution in [0.3, 0.4) is 0 Å². The van der Waals surface area contributed by atoms with E-state index in [4.69, 9.17) is 4.42 Å². The zero-order chi connectivity index (χ0) is 11.8. The molecule has 3 nitrogen and oxygen atoms in total. The van der Waals surface area contributed by atoms with E-state index in [1.165, 1.54) is 18.2 Å². The fourth-order valence-electron chi connectivity index (χ4n) is 1.74. The Kier molecular flexibility index (Phi) is 2.08. The molecule has 0 fully saturated rings. The van der Waals surface area contributed by atoms with Gasteiger partial charge in [0.2, 0.25) is 5.56 Å². The maximum absolute atomic E-state index is 13.0. The summed E-state index contributed by atoms with van der Waals surface area (Å²) in [6.45, 7) is 0. The van der Waals surface area contributed by atoms with Gasteiger partial charge in [0.15, 0.2) is 5.76 Å². The summed E-state index contributed by atoms with van der Waals surface area (Å²) in [5, 5.41) is 0.671. The Bertz CT molecular complexity index is 742. The zero-order valence-corrected chi connectivity index (χ0v) is 8.74. The molecule has 1 aromatic carbocycles. The van der Waals surface area contributed by atoms with Gasteiger partial charge in [0, 0.05) is 11.5 Å². The van der Waals surface area contributed by atoms with Crippen LogP contribution in [0.15, 0.2) is 51.7 Å². The van der Waals surface area contributed by atoms with Crippen molar-refractivity contribution in [2.45, 2.75) is 0 Å². The van der Waals surface area contributed by atoms with E-state index < -0.39 is 0 Å². The Morgan fingerprint density at radius 1 is 1.12 bits per heavy atom. The Morgan fingerprint density at radius 2 is 2.00 bits per heavy atom. The topological polar surface area (TPSA) is 46.0 Å². The van der Waals surface area contributed by atoms with Gasteiger partial charge in [-0.3, -0.25) is 4.79 Å². The highest BCUT2D eigenvalue weighted by Crippen LogP contribution is 2.26. The fraction of sp³-hybridized carbons (Fsp3) is 0. The van der Waals surface area contributed by atoms with E-state index in [-0.39, 0.29) is 11.4 Å². The van der Waals surface area contributed by atoms with Gasteiger partial charge in [-0.05, 0) is 30.3 Å². The lowest BCUT2D eigenvalue weighted by molar-refractivity contribution is 0.617. The number of hydrogen-bond acceptors (Lipinski definition) is 2. The molecule has 3 aromatic rings. The molecule has 4 heteroatoms. The van der Waals surface area contributed by atoms with Crippen LogP contribution < -0.4 is 5.56 Å². The molecule has 0 amide bonds. The average Bonchev–Trinajstić information content (AvgIpc) is 2.72. The van der Waals surface area contributed by atoms with Gasteiger partial charge in [-0.15, -0.1) is 0 Å². The largest absolute Gasteiger partial charge is 0.455 e. The molecular formula is C13H8FNO2. The second-order valence-corrected chi connectivity index (χ2v) is 3.72. The van der Waals surface area contributed by atoms with E-state index in [2.05, 4.69) is 4.98 Å². The predicted octanol–water partition coefficient (Wildman–Crippen LogP) is 2.93. The molecule has 0 spiro atoms. The smallest absolute Gasteiger partial charge is 0.248 e. The molecule has 0 bridgehead atoms. The first-order valence-corrected chi connectivity index (χ1v) is 5.11. The third-order valence-electron chi connectivity index (χ3n) is 2.51. The summed E-state index contributed by atoms with van der Waals surface area (Å²) in [5.41, 5.74) is 0.967. The van der Waals surface area contributed by atoms with Gasteiger partial charge in [0.25, 0.3) is 0 Å².